The molecule has 0 fully saturated rings. The van der Waals surface area contributed by atoms with E-state index in [0.717, 1.165) is 19.8 Å². The SMILES string of the molecule is CCCCOCCNC(C)c1ccc2c(c1)CCCC2. The van der Waals surface area contributed by atoms with Crippen molar-refractivity contribution >= 4 is 0 Å². The second kappa shape index (κ2) is 8.43. The number of benzene rings is 1. The van der Waals surface area contributed by atoms with Crippen LogP contribution in [0.4, 0.5) is 0 Å². The van der Waals surface area contributed by atoms with E-state index in [4.69, 9.17) is 4.74 Å². The van der Waals surface area contributed by atoms with E-state index in [0.29, 0.717) is 6.04 Å². The highest BCUT2D eigenvalue weighted by Gasteiger charge is 2.11. The summed E-state index contributed by atoms with van der Waals surface area (Å²) in [6.07, 6.45) is 7.61. The van der Waals surface area contributed by atoms with Gasteiger partial charge in [0.05, 0.1) is 6.61 Å². The minimum absolute atomic E-state index is 0.414. The van der Waals surface area contributed by atoms with Crippen LogP contribution in [-0.4, -0.2) is 19.8 Å². The molecule has 20 heavy (non-hydrogen) atoms. The van der Waals surface area contributed by atoms with Crippen molar-refractivity contribution in [1.82, 2.24) is 5.32 Å². The molecule has 1 atom stereocenters. The summed E-state index contributed by atoms with van der Waals surface area (Å²) in [6, 6.07) is 7.45. The fourth-order valence-electron chi connectivity index (χ4n) is 2.84. The maximum atomic E-state index is 5.59. The molecule has 0 amide bonds. The zero-order valence-electron chi connectivity index (χ0n) is 13.1. The van der Waals surface area contributed by atoms with Crippen molar-refractivity contribution in [3.63, 3.8) is 0 Å². The topological polar surface area (TPSA) is 21.3 Å². The van der Waals surface area contributed by atoms with Gasteiger partial charge in [0.2, 0.25) is 0 Å². The number of rotatable bonds is 8. The molecule has 112 valence electrons. The molecule has 0 heterocycles. The molecule has 1 unspecified atom stereocenters. The summed E-state index contributed by atoms with van der Waals surface area (Å²) < 4.78 is 5.59. The highest BCUT2D eigenvalue weighted by atomic mass is 16.5. The van der Waals surface area contributed by atoms with Crippen LogP contribution in [0.5, 0.6) is 0 Å². The minimum atomic E-state index is 0.414. The summed E-state index contributed by atoms with van der Waals surface area (Å²) in [5.41, 5.74) is 4.55. The zero-order valence-corrected chi connectivity index (χ0v) is 13.1. The second-order valence-corrected chi connectivity index (χ2v) is 5.88. The molecule has 1 aliphatic carbocycles. The normalized spacial score (nSPS) is 15.9. The summed E-state index contributed by atoms with van der Waals surface area (Å²) in [6.45, 7) is 7.08. The number of fused-ring (bicyclic) bond motifs is 1. The monoisotopic (exact) mass is 275 g/mol. The van der Waals surface area contributed by atoms with E-state index in [2.05, 4.69) is 37.4 Å². The Bertz CT molecular complexity index is 402. The molecule has 1 aromatic carbocycles. The fourth-order valence-corrected chi connectivity index (χ4v) is 2.84. The van der Waals surface area contributed by atoms with E-state index in [9.17, 15) is 0 Å². The van der Waals surface area contributed by atoms with Crippen molar-refractivity contribution < 1.29 is 4.74 Å². The molecule has 2 nitrogen and oxygen atoms in total. The standard InChI is InChI=1S/C18H29NO/c1-3-4-12-20-13-11-19-15(2)17-10-9-16-7-5-6-8-18(16)14-17/h9-10,14-15,19H,3-8,11-13H2,1-2H3. The van der Waals surface area contributed by atoms with Gasteiger partial charge in [0.15, 0.2) is 0 Å². The van der Waals surface area contributed by atoms with E-state index in [1.165, 1.54) is 44.1 Å². The van der Waals surface area contributed by atoms with Crippen LogP contribution in [-0.2, 0) is 17.6 Å². The molecule has 0 saturated carbocycles. The first-order chi connectivity index (χ1) is 9.81. The van der Waals surface area contributed by atoms with Crippen LogP contribution in [0.25, 0.3) is 0 Å². The third-order valence-corrected chi connectivity index (χ3v) is 4.21. The lowest BCUT2D eigenvalue weighted by atomic mass is 9.89. The van der Waals surface area contributed by atoms with E-state index in [1.54, 1.807) is 11.1 Å². The number of hydrogen-bond donors (Lipinski definition) is 1. The third kappa shape index (κ3) is 4.60. The molecule has 0 aromatic heterocycles. The Morgan fingerprint density at radius 1 is 1.15 bits per heavy atom. The van der Waals surface area contributed by atoms with Crippen LogP contribution in [0.3, 0.4) is 0 Å². The van der Waals surface area contributed by atoms with Crippen molar-refractivity contribution in [3.8, 4) is 0 Å². The summed E-state index contributed by atoms with van der Waals surface area (Å²) in [7, 11) is 0. The highest BCUT2D eigenvalue weighted by Crippen LogP contribution is 2.24. The molecule has 1 N–H and O–H groups in total. The molecule has 1 aromatic rings. The van der Waals surface area contributed by atoms with Crippen molar-refractivity contribution in [2.75, 3.05) is 19.8 Å². The van der Waals surface area contributed by atoms with E-state index >= 15 is 0 Å². The average Bonchev–Trinajstić information content (AvgIpc) is 2.50. The van der Waals surface area contributed by atoms with E-state index < -0.39 is 0 Å². The van der Waals surface area contributed by atoms with Gasteiger partial charge in [-0.2, -0.15) is 0 Å². The molecular weight excluding hydrogens is 246 g/mol. The number of ether oxygens (including phenoxy) is 1. The predicted molar refractivity (Wildman–Crippen MR) is 85.2 cm³/mol. The third-order valence-electron chi connectivity index (χ3n) is 4.21. The maximum absolute atomic E-state index is 5.59. The van der Waals surface area contributed by atoms with Crippen LogP contribution in [0.15, 0.2) is 18.2 Å². The van der Waals surface area contributed by atoms with Gasteiger partial charge in [-0.15, -0.1) is 0 Å². The van der Waals surface area contributed by atoms with Gasteiger partial charge < -0.3 is 10.1 Å². The predicted octanol–water partition coefficient (Wildman–Crippen LogP) is 4.03. The summed E-state index contributed by atoms with van der Waals surface area (Å²) in [5.74, 6) is 0. The summed E-state index contributed by atoms with van der Waals surface area (Å²) in [4.78, 5) is 0. The molecule has 0 saturated heterocycles. The molecule has 0 bridgehead atoms. The quantitative estimate of drug-likeness (QED) is 0.723. The first-order valence-electron chi connectivity index (χ1n) is 8.24. The van der Waals surface area contributed by atoms with Gasteiger partial charge in [-0.05, 0) is 55.7 Å². The lowest BCUT2D eigenvalue weighted by molar-refractivity contribution is 0.131. The Morgan fingerprint density at radius 2 is 1.95 bits per heavy atom. The van der Waals surface area contributed by atoms with Gasteiger partial charge >= 0.3 is 0 Å². The number of nitrogens with one attached hydrogen (secondary N) is 1. The van der Waals surface area contributed by atoms with Crippen LogP contribution >= 0.6 is 0 Å². The molecule has 2 heteroatoms. The van der Waals surface area contributed by atoms with Gasteiger partial charge in [-0.3, -0.25) is 0 Å². The second-order valence-electron chi connectivity index (χ2n) is 5.88. The number of hydrogen-bond acceptors (Lipinski definition) is 2. The molecule has 1 aliphatic rings. The summed E-state index contributed by atoms with van der Waals surface area (Å²) in [5, 5.41) is 3.56. The van der Waals surface area contributed by atoms with Gasteiger partial charge in [-0.25, -0.2) is 0 Å². The Labute approximate surface area is 123 Å². The Morgan fingerprint density at radius 3 is 2.75 bits per heavy atom. The number of unbranched alkanes of at least 4 members (excludes halogenated alkanes) is 1. The van der Waals surface area contributed by atoms with Crippen LogP contribution in [0.1, 0.15) is 62.3 Å². The van der Waals surface area contributed by atoms with Gasteiger partial charge in [-0.1, -0.05) is 31.5 Å². The maximum Gasteiger partial charge on any atom is 0.0591 e. The van der Waals surface area contributed by atoms with Gasteiger partial charge in [0.1, 0.15) is 0 Å². The van der Waals surface area contributed by atoms with Gasteiger partial charge in [0, 0.05) is 19.2 Å². The minimum Gasteiger partial charge on any atom is -0.380 e. The lowest BCUT2D eigenvalue weighted by Gasteiger charge is -2.20. The Balaban J connectivity index is 1.76. The molecule has 0 radical (unpaired) electrons. The molecule has 2 rings (SSSR count). The van der Waals surface area contributed by atoms with E-state index in [1.807, 2.05) is 0 Å². The zero-order chi connectivity index (χ0) is 14.2. The summed E-state index contributed by atoms with van der Waals surface area (Å²) >= 11 is 0. The highest BCUT2D eigenvalue weighted by molar-refractivity contribution is 5.35. The average molecular weight is 275 g/mol. The molecule has 0 spiro atoms. The Hall–Kier alpha value is -0.860. The van der Waals surface area contributed by atoms with Crippen LogP contribution in [0.2, 0.25) is 0 Å². The lowest BCUT2D eigenvalue weighted by Crippen LogP contribution is -2.23. The molecular formula is C18H29NO. The van der Waals surface area contributed by atoms with Crippen LogP contribution in [0, 0.1) is 0 Å². The smallest absolute Gasteiger partial charge is 0.0591 e. The van der Waals surface area contributed by atoms with Crippen molar-refractivity contribution in [2.45, 2.75) is 58.4 Å². The Kier molecular flexibility index (Phi) is 6.55. The largest absolute Gasteiger partial charge is 0.380 e. The van der Waals surface area contributed by atoms with Gasteiger partial charge in [0.25, 0.3) is 0 Å². The number of aryl methyl sites for hydroxylation is 2. The first-order valence-corrected chi connectivity index (χ1v) is 8.24. The van der Waals surface area contributed by atoms with Crippen molar-refractivity contribution in [1.29, 1.82) is 0 Å². The first kappa shape index (κ1) is 15.5. The van der Waals surface area contributed by atoms with E-state index in [-0.39, 0.29) is 0 Å². The van der Waals surface area contributed by atoms with Crippen LogP contribution < -0.4 is 5.32 Å². The van der Waals surface area contributed by atoms with Crippen molar-refractivity contribution in [2.24, 2.45) is 0 Å². The van der Waals surface area contributed by atoms with Crippen molar-refractivity contribution in [3.05, 3.63) is 34.9 Å². The molecule has 0 aliphatic heterocycles. The fraction of sp³-hybridized carbons (Fsp3) is 0.667.